The quantitative estimate of drug-likeness (QED) is 0.672. The first-order valence-electron chi connectivity index (χ1n) is 6.58. The minimum absolute atomic E-state index is 0.106. The Labute approximate surface area is 123 Å². The van der Waals surface area contributed by atoms with Gasteiger partial charge in [0, 0.05) is 24.4 Å². The first-order valence-corrected chi connectivity index (χ1v) is 6.58. The van der Waals surface area contributed by atoms with Crippen molar-refractivity contribution >= 4 is 11.4 Å². The van der Waals surface area contributed by atoms with E-state index in [9.17, 15) is 10.1 Å². The standard InChI is InChI=1S/C16H15N3O2/c1-12-10-15(5-4-14(12)11-17)18-9-8-13-2-6-16(7-3-13)19(20)21/h2-7,10,18H,8-9H2,1H3. The molecule has 5 nitrogen and oxygen atoms in total. The molecule has 2 aromatic rings. The molecule has 0 atom stereocenters. The van der Waals surface area contributed by atoms with Crippen molar-refractivity contribution in [2.45, 2.75) is 13.3 Å². The summed E-state index contributed by atoms with van der Waals surface area (Å²) < 4.78 is 0. The molecule has 0 aliphatic rings. The van der Waals surface area contributed by atoms with Crippen LogP contribution in [0.25, 0.3) is 0 Å². The number of non-ortho nitro benzene ring substituents is 1. The zero-order chi connectivity index (χ0) is 15.2. The van der Waals surface area contributed by atoms with E-state index in [4.69, 9.17) is 5.26 Å². The zero-order valence-corrected chi connectivity index (χ0v) is 11.7. The Kier molecular flexibility index (Phi) is 4.52. The third-order valence-corrected chi connectivity index (χ3v) is 3.24. The topological polar surface area (TPSA) is 79.0 Å². The molecule has 0 heterocycles. The van der Waals surface area contributed by atoms with E-state index < -0.39 is 4.92 Å². The average molecular weight is 281 g/mol. The van der Waals surface area contributed by atoms with Crippen LogP contribution >= 0.6 is 0 Å². The molecule has 0 spiro atoms. The molecular formula is C16H15N3O2. The summed E-state index contributed by atoms with van der Waals surface area (Å²) in [5.74, 6) is 0. The van der Waals surface area contributed by atoms with Crippen LogP contribution in [-0.4, -0.2) is 11.5 Å². The lowest BCUT2D eigenvalue weighted by atomic mass is 10.1. The number of nitrogens with zero attached hydrogens (tertiary/aromatic N) is 2. The molecule has 5 heteroatoms. The van der Waals surface area contributed by atoms with Gasteiger partial charge in [-0.15, -0.1) is 0 Å². The van der Waals surface area contributed by atoms with Crippen molar-refractivity contribution in [3.8, 4) is 6.07 Å². The number of nitro benzene ring substituents is 1. The van der Waals surface area contributed by atoms with E-state index in [1.165, 1.54) is 12.1 Å². The van der Waals surface area contributed by atoms with Crippen LogP contribution < -0.4 is 5.32 Å². The monoisotopic (exact) mass is 281 g/mol. The van der Waals surface area contributed by atoms with Gasteiger partial charge in [0.15, 0.2) is 0 Å². The summed E-state index contributed by atoms with van der Waals surface area (Å²) in [5.41, 5.74) is 3.73. The number of nitrogens with one attached hydrogen (secondary N) is 1. The highest BCUT2D eigenvalue weighted by molar-refractivity contribution is 5.51. The van der Waals surface area contributed by atoms with Crippen LogP contribution in [0.1, 0.15) is 16.7 Å². The van der Waals surface area contributed by atoms with E-state index in [0.717, 1.165) is 29.8 Å². The molecule has 0 radical (unpaired) electrons. The minimum atomic E-state index is -0.401. The molecule has 0 aliphatic heterocycles. The summed E-state index contributed by atoms with van der Waals surface area (Å²) in [4.78, 5) is 10.2. The van der Waals surface area contributed by atoms with Gasteiger partial charge in [0.25, 0.3) is 5.69 Å². The van der Waals surface area contributed by atoms with Crippen molar-refractivity contribution in [2.24, 2.45) is 0 Å². The highest BCUT2D eigenvalue weighted by atomic mass is 16.6. The average Bonchev–Trinajstić information content (AvgIpc) is 2.48. The van der Waals surface area contributed by atoms with Gasteiger partial charge in [-0.1, -0.05) is 12.1 Å². The molecule has 2 aromatic carbocycles. The van der Waals surface area contributed by atoms with E-state index in [0.29, 0.717) is 5.56 Å². The molecule has 0 bridgehead atoms. The van der Waals surface area contributed by atoms with Crippen LogP contribution in [0.4, 0.5) is 11.4 Å². The highest BCUT2D eigenvalue weighted by Crippen LogP contribution is 2.15. The van der Waals surface area contributed by atoms with Crippen LogP contribution in [0.2, 0.25) is 0 Å². The third kappa shape index (κ3) is 3.80. The zero-order valence-electron chi connectivity index (χ0n) is 11.7. The molecule has 0 aliphatic carbocycles. The Morgan fingerprint density at radius 2 is 1.95 bits per heavy atom. The highest BCUT2D eigenvalue weighted by Gasteiger charge is 2.04. The Morgan fingerprint density at radius 3 is 2.52 bits per heavy atom. The van der Waals surface area contributed by atoms with Crippen molar-refractivity contribution < 1.29 is 4.92 Å². The Morgan fingerprint density at radius 1 is 1.24 bits per heavy atom. The maximum absolute atomic E-state index is 10.6. The van der Waals surface area contributed by atoms with E-state index >= 15 is 0 Å². The van der Waals surface area contributed by atoms with Gasteiger partial charge in [0.1, 0.15) is 0 Å². The molecule has 0 aromatic heterocycles. The van der Waals surface area contributed by atoms with E-state index in [1.54, 1.807) is 18.2 Å². The molecule has 2 rings (SSSR count). The largest absolute Gasteiger partial charge is 0.385 e. The van der Waals surface area contributed by atoms with Crippen molar-refractivity contribution in [2.75, 3.05) is 11.9 Å². The fourth-order valence-electron chi connectivity index (χ4n) is 2.03. The second kappa shape index (κ2) is 6.53. The predicted octanol–water partition coefficient (Wildman–Crippen LogP) is 3.43. The molecule has 0 saturated heterocycles. The fourth-order valence-corrected chi connectivity index (χ4v) is 2.03. The maximum atomic E-state index is 10.6. The summed E-state index contributed by atoms with van der Waals surface area (Å²) in [5, 5.41) is 22.7. The summed E-state index contributed by atoms with van der Waals surface area (Å²) in [6, 6.07) is 14.3. The number of rotatable bonds is 5. The van der Waals surface area contributed by atoms with Crippen LogP contribution in [0.3, 0.4) is 0 Å². The van der Waals surface area contributed by atoms with Gasteiger partial charge < -0.3 is 5.32 Å². The van der Waals surface area contributed by atoms with Crippen LogP contribution in [0, 0.1) is 28.4 Å². The van der Waals surface area contributed by atoms with Crippen molar-refractivity contribution in [3.63, 3.8) is 0 Å². The van der Waals surface area contributed by atoms with E-state index in [2.05, 4.69) is 11.4 Å². The smallest absolute Gasteiger partial charge is 0.269 e. The Balaban J connectivity index is 1.91. The first-order chi connectivity index (χ1) is 10.1. The SMILES string of the molecule is Cc1cc(NCCc2ccc([N+](=O)[O-])cc2)ccc1C#N. The lowest BCUT2D eigenvalue weighted by Crippen LogP contribution is -2.05. The van der Waals surface area contributed by atoms with Gasteiger partial charge in [-0.25, -0.2) is 0 Å². The molecular weight excluding hydrogens is 266 g/mol. The number of nitro groups is 1. The number of hydrogen-bond acceptors (Lipinski definition) is 4. The number of anilines is 1. The van der Waals surface area contributed by atoms with Gasteiger partial charge in [-0.05, 0) is 42.7 Å². The van der Waals surface area contributed by atoms with Gasteiger partial charge in [-0.2, -0.15) is 5.26 Å². The Hall–Kier alpha value is -2.87. The van der Waals surface area contributed by atoms with Gasteiger partial charge in [0.2, 0.25) is 0 Å². The van der Waals surface area contributed by atoms with Crippen molar-refractivity contribution in [1.29, 1.82) is 5.26 Å². The van der Waals surface area contributed by atoms with Crippen LogP contribution in [-0.2, 0) is 6.42 Å². The summed E-state index contributed by atoms with van der Waals surface area (Å²) in [6.07, 6.45) is 0.775. The normalized spacial score (nSPS) is 9.90. The number of benzene rings is 2. The summed E-state index contributed by atoms with van der Waals surface area (Å²) in [6.45, 7) is 2.63. The molecule has 0 amide bonds. The summed E-state index contributed by atoms with van der Waals surface area (Å²) >= 11 is 0. The molecule has 0 saturated carbocycles. The van der Waals surface area contributed by atoms with Crippen molar-refractivity contribution in [1.82, 2.24) is 0 Å². The lowest BCUT2D eigenvalue weighted by Gasteiger charge is -2.08. The van der Waals surface area contributed by atoms with E-state index in [1.807, 2.05) is 19.1 Å². The Bertz CT molecular complexity index is 688. The second-order valence-corrected chi connectivity index (χ2v) is 4.74. The second-order valence-electron chi connectivity index (χ2n) is 4.74. The molecule has 0 unspecified atom stereocenters. The number of nitriles is 1. The summed E-state index contributed by atoms with van der Waals surface area (Å²) in [7, 11) is 0. The first kappa shape index (κ1) is 14.5. The molecule has 0 fully saturated rings. The number of hydrogen-bond donors (Lipinski definition) is 1. The fraction of sp³-hybridized carbons (Fsp3) is 0.188. The van der Waals surface area contributed by atoms with Crippen LogP contribution in [0.5, 0.6) is 0 Å². The lowest BCUT2D eigenvalue weighted by molar-refractivity contribution is -0.384. The van der Waals surface area contributed by atoms with Gasteiger partial charge in [0.05, 0.1) is 16.6 Å². The molecule has 106 valence electrons. The van der Waals surface area contributed by atoms with Gasteiger partial charge >= 0.3 is 0 Å². The molecule has 21 heavy (non-hydrogen) atoms. The number of aryl methyl sites for hydroxylation is 1. The van der Waals surface area contributed by atoms with Gasteiger partial charge in [-0.3, -0.25) is 10.1 Å². The maximum Gasteiger partial charge on any atom is 0.269 e. The predicted molar refractivity (Wildman–Crippen MR) is 81.2 cm³/mol. The van der Waals surface area contributed by atoms with Crippen LogP contribution in [0.15, 0.2) is 42.5 Å². The minimum Gasteiger partial charge on any atom is -0.385 e. The molecule has 1 N–H and O–H groups in total. The van der Waals surface area contributed by atoms with Crippen molar-refractivity contribution in [3.05, 3.63) is 69.3 Å². The van der Waals surface area contributed by atoms with E-state index in [-0.39, 0.29) is 5.69 Å². The third-order valence-electron chi connectivity index (χ3n) is 3.24.